The SMILES string of the molecule is CC(C)(CBr)CNC(=O)CCC1CCCO1. The Hall–Kier alpha value is -0.0900. The molecule has 0 aromatic rings. The van der Waals surface area contributed by atoms with Crippen molar-refractivity contribution in [2.24, 2.45) is 5.41 Å². The molecule has 1 atom stereocenters. The van der Waals surface area contributed by atoms with Crippen LogP contribution in [0.2, 0.25) is 0 Å². The maximum Gasteiger partial charge on any atom is 0.220 e. The molecule has 1 fully saturated rings. The molecule has 1 saturated heterocycles. The Labute approximate surface area is 106 Å². The fraction of sp³-hybridized carbons (Fsp3) is 0.917. The predicted octanol–water partition coefficient (Wildman–Crippen LogP) is 2.48. The number of rotatable bonds is 6. The molecular weight excluding hydrogens is 270 g/mol. The van der Waals surface area contributed by atoms with Crippen LogP contribution in [0.4, 0.5) is 0 Å². The Morgan fingerprint density at radius 3 is 2.88 bits per heavy atom. The van der Waals surface area contributed by atoms with Crippen molar-refractivity contribution in [1.29, 1.82) is 0 Å². The van der Waals surface area contributed by atoms with Crippen LogP contribution in [-0.4, -0.2) is 30.5 Å². The van der Waals surface area contributed by atoms with Crippen LogP contribution in [0.25, 0.3) is 0 Å². The third-order valence-electron chi connectivity index (χ3n) is 2.84. The highest BCUT2D eigenvalue weighted by molar-refractivity contribution is 9.09. The molecule has 1 unspecified atom stereocenters. The maximum absolute atomic E-state index is 11.6. The van der Waals surface area contributed by atoms with Crippen LogP contribution in [0.15, 0.2) is 0 Å². The summed E-state index contributed by atoms with van der Waals surface area (Å²) >= 11 is 3.44. The second-order valence-electron chi connectivity index (χ2n) is 5.25. The molecule has 16 heavy (non-hydrogen) atoms. The smallest absolute Gasteiger partial charge is 0.220 e. The van der Waals surface area contributed by atoms with Gasteiger partial charge >= 0.3 is 0 Å². The largest absolute Gasteiger partial charge is 0.378 e. The van der Waals surface area contributed by atoms with E-state index in [2.05, 4.69) is 35.1 Å². The highest BCUT2D eigenvalue weighted by Crippen LogP contribution is 2.18. The quantitative estimate of drug-likeness (QED) is 0.764. The molecule has 1 amide bonds. The summed E-state index contributed by atoms with van der Waals surface area (Å²) in [5.74, 6) is 0.143. The number of halogens is 1. The molecule has 1 heterocycles. The van der Waals surface area contributed by atoms with E-state index in [9.17, 15) is 4.79 Å². The first-order valence-corrected chi connectivity index (χ1v) is 7.10. The van der Waals surface area contributed by atoms with E-state index in [4.69, 9.17) is 4.74 Å². The van der Waals surface area contributed by atoms with Crippen LogP contribution in [0.3, 0.4) is 0 Å². The average Bonchev–Trinajstić information content (AvgIpc) is 2.76. The molecule has 3 nitrogen and oxygen atoms in total. The van der Waals surface area contributed by atoms with Crippen LogP contribution in [0.5, 0.6) is 0 Å². The minimum atomic E-state index is 0.125. The van der Waals surface area contributed by atoms with Gasteiger partial charge in [-0.25, -0.2) is 0 Å². The van der Waals surface area contributed by atoms with E-state index in [1.807, 2.05) is 0 Å². The molecule has 4 heteroatoms. The molecule has 0 aromatic carbocycles. The molecule has 1 aliphatic heterocycles. The average molecular weight is 292 g/mol. The van der Waals surface area contributed by atoms with E-state index in [1.54, 1.807) is 0 Å². The Morgan fingerprint density at radius 2 is 2.31 bits per heavy atom. The van der Waals surface area contributed by atoms with Gasteiger partial charge in [-0.3, -0.25) is 4.79 Å². The molecular formula is C12H22BrNO2. The molecule has 0 spiro atoms. The van der Waals surface area contributed by atoms with E-state index in [0.29, 0.717) is 12.5 Å². The molecule has 0 saturated carbocycles. The fourth-order valence-electron chi connectivity index (χ4n) is 1.64. The van der Waals surface area contributed by atoms with Crippen molar-refractivity contribution in [3.63, 3.8) is 0 Å². The number of alkyl halides is 1. The summed E-state index contributed by atoms with van der Waals surface area (Å²) < 4.78 is 5.48. The van der Waals surface area contributed by atoms with E-state index < -0.39 is 0 Å². The van der Waals surface area contributed by atoms with Crippen LogP contribution in [0, 0.1) is 5.41 Å². The van der Waals surface area contributed by atoms with E-state index in [0.717, 1.165) is 37.7 Å². The lowest BCUT2D eigenvalue weighted by molar-refractivity contribution is -0.122. The first-order valence-electron chi connectivity index (χ1n) is 5.98. The maximum atomic E-state index is 11.6. The standard InChI is InChI=1S/C12H22BrNO2/c1-12(2,8-13)9-14-11(15)6-5-10-4-3-7-16-10/h10H,3-9H2,1-2H3,(H,14,15). The van der Waals surface area contributed by atoms with Gasteiger partial charge in [0, 0.05) is 24.9 Å². The number of carbonyl (C=O) groups excluding carboxylic acids is 1. The third-order valence-corrected chi connectivity index (χ3v) is 4.36. The first kappa shape index (κ1) is 14.0. The molecule has 0 aromatic heterocycles. The lowest BCUT2D eigenvalue weighted by Gasteiger charge is -2.22. The van der Waals surface area contributed by atoms with Gasteiger partial charge in [0.1, 0.15) is 0 Å². The zero-order chi connectivity index (χ0) is 12.0. The Morgan fingerprint density at radius 1 is 1.56 bits per heavy atom. The van der Waals surface area contributed by atoms with Crippen molar-refractivity contribution >= 4 is 21.8 Å². The Bertz CT molecular complexity index is 225. The summed E-state index contributed by atoms with van der Waals surface area (Å²) in [5.41, 5.74) is 0.125. The molecule has 1 aliphatic rings. The first-order chi connectivity index (χ1) is 7.53. The van der Waals surface area contributed by atoms with Gasteiger partial charge in [-0.15, -0.1) is 0 Å². The van der Waals surface area contributed by atoms with Crippen LogP contribution < -0.4 is 5.32 Å². The number of carbonyl (C=O) groups is 1. The lowest BCUT2D eigenvalue weighted by Crippen LogP contribution is -2.35. The Kier molecular flexibility index (Phi) is 5.76. The highest BCUT2D eigenvalue weighted by Gasteiger charge is 2.19. The second kappa shape index (κ2) is 6.60. The van der Waals surface area contributed by atoms with E-state index in [-0.39, 0.29) is 11.3 Å². The van der Waals surface area contributed by atoms with Gasteiger partial charge in [0.15, 0.2) is 0 Å². The van der Waals surface area contributed by atoms with E-state index in [1.165, 1.54) is 0 Å². The van der Waals surface area contributed by atoms with Gasteiger partial charge in [0.25, 0.3) is 0 Å². The van der Waals surface area contributed by atoms with Crippen LogP contribution in [0.1, 0.15) is 39.5 Å². The van der Waals surface area contributed by atoms with Crippen molar-refractivity contribution < 1.29 is 9.53 Å². The lowest BCUT2D eigenvalue weighted by atomic mass is 9.97. The zero-order valence-electron chi connectivity index (χ0n) is 10.2. The van der Waals surface area contributed by atoms with Gasteiger partial charge in [-0.1, -0.05) is 29.8 Å². The topological polar surface area (TPSA) is 38.3 Å². The number of nitrogens with one attached hydrogen (secondary N) is 1. The summed E-state index contributed by atoms with van der Waals surface area (Å²) in [6, 6.07) is 0. The monoisotopic (exact) mass is 291 g/mol. The fourth-order valence-corrected chi connectivity index (χ4v) is 1.84. The van der Waals surface area contributed by atoms with Gasteiger partial charge in [0.05, 0.1) is 6.10 Å². The predicted molar refractivity (Wildman–Crippen MR) is 68.8 cm³/mol. The molecule has 94 valence electrons. The van der Waals surface area contributed by atoms with Crippen molar-refractivity contribution in [2.45, 2.75) is 45.6 Å². The number of amides is 1. The number of hydrogen-bond donors (Lipinski definition) is 1. The molecule has 1 N–H and O–H groups in total. The van der Waals surface area contributed by atoms with Crippen molar-refractivity contribution in [2.75, 3.05) is 18.5 Å². The van der Waals surface area contributed by atoms with Gasteiger partial charge < -0.3 is 10.1 Å². The second-order valence-corrected chi connectivity index (χ2v) is 5.81. The summed E-state index contributed by atoms with van der Waals surface area (Å²) in [5, 5.41) is 3.87. The minimum absolute atomic E-state index is 0.125. The van der Waals surface area contributed by atoms with Crippen molar-refractivity contribution in [1.82, 2.24) is 5.32 Å². The highest BCUT2D eigenvalue weighted by atomic mass is 79.9. The molecule has 1 rings (SSSR count). The summed E-state index contributed by atoms with van der Waals surface area (Å²) in [6.45, 7) is 5.84. The number of ether oxygens (including phenoxy) is 1. The third kappa shape index (κ3) is 5.30. The minimum Gasteiger partial charge on any atom is -0.378 e. The molecule has 0 radical (unpaired) electrons. The zero-order valence-corrected chi connectivity index (χ0v) is 11.8. The number of hydrogen-bond acceptors (Lipinski definition) is 2. The summed E-state index contributed by atoms with van der Waals surface area (Å²) in [6.07, 6.45) is 4.02. The molecule has 0 aliphatic carbocycles. The summed E-state index contributed by atoms with van der Waals surface area (Å²) in [7, 11) is 0. The normalized spacial score (nSPS) is 21.1. The van der Waals surface area contributed by atoms with Crippen LogP contribution >= 0.6 is 15.9 Å². The van der Waals surface area contributed by atoms with Crippen molar-refractivity contribution in [3.8, 4) is 0 Å². The molecule has 0 bridgehead atoms. The van der Waals surface area contributed by atoms with Crippen LogP contribution in [-0.2, 0) is 9.53 Å². The van der Waals surface area contributed by atoms with E-state index >= 15 is 0 Å². The van der Waals surface area contributed by atoms with Crippen molar-refractivity contribution in [3.05, 3.63) is 0 Å². The van der Waals surface area contributed by atoms with Gasteiger partial charge in [-0.05, 0) is 24.7 Å². The Balaban J connectivity index is 2.10. The summed E-state index contributed by atoms with van der Waals surface area (Å²) in [4.78, 5) is 11.6. The van der Waals surface area contributed by atoms with Gasteiger partial charge in [-0.2, -0.15) is 0 Å². The van der Waals surface area contributed by atoms with Gasteiger partial charge in [0.2, 0.25) is 5.91 Å².